The molecule has 0 spiro atoms. The van der Waals surface area contributed by atoms with Crippen LogP contribution in [0.15, 0.2) is 41.5 Å². The van der Waals surface area contributed by atoms with Crippen LogP contribution in [0.1, 0.15) is 23.0 Å². The average molecular weight is 321 g/mol. The number of hydrogen-bond donors (Lipinski definition) is 0. The number of aryl methyl sites for hydroxylation is 1. The van der Waals surface area contributed by atoms with E-state index in [-0.39, 0.29) is 5.78 Å². The molecule has 0 fully saturated rings. The maximum absolute atomic E-state index is 12.1. The molecule has 0 aliphatic heterocycles. The predicted octanol–water partition coefficient (Wildman–Crippen LogP) is 3.15. The van der Waals surface area contributed by atoms with E-state index in [0.29, 0.717) is 22.6 Å². The van der Waals surface area contributed by atoms with Crippen molar-refractivity contribution in [3.63, 3.8) is 0 Å². The van der Waals surface area contributed by atoms with E-state index in [2.05, 4.69) is 15.1 Å². The van der Waals surface area contributed by atoms with Crippen LogP contribution in [-0.4, -0.2) is 45.9 Å². The van der Waals surface area contributed by atoms with Gasteiger partial charge in [0.1, 0.15) is 0 Å². The minimum Gasteiger partial charge on any atom is -0.369 e. The van der Waals surface area contributed by atoms with Gasteiger partial charge in [-0.15, -0.1) is 0 Å². The molecule has 0 radical (unpaired) electrons. The van der Waals surface area contributed by atoms with Crippen LogP contribution >= 0.6 is 0 Å². The molecule has 0 unspecified atom stereocenters. The van der Waals surface area contributed by atoms with Crippen molar-refractivity contribution in [1.29, 1.82) is 0 Å². The van der Waals surface area contributed by atoms with Gasteiger partial charge >= 0.3 is 0 Å². The quantitative estimate of drug-likeness (QED) is 0.421. The molecule has 2 aromatic heterocycles. The lowest BCUT2D eigenvalue weighted by molar-refractivity contribution is 0.101. The van der Waals surface area contributed by atoms with Gasteiger partial charge in [0.25, 0.3) is 0 Å². The van der Waals surface area contributed by atoms with E-state index in [1.54, 1.807) is 17.2 Å². The molecule has 0 aliphatic carbocycles. The Bertz CT molecular complexity index is 925. The molecule has 0 N–H and O–H groups in total. The Kier molecular flexibility index (Phi) is 4.12. The average Bonchev–Trinajstić information content (AvgIpc) is 2.96. The SMILES string of the molecule is CC(=O)c1c(C)nc2c(cnn2-c2ccccc2)c1N=CN(C)C. The highest BCUT2D eigenvalue weighted by Crippen LogP contribution is 2.32. The highest BCUT2D eigenvalue weighted by Gasteiger charge is 2.19. The second kappa shape index (κ2) is 6.23. The first-order valence-corrected chi connectivity index (χ1v) is 7.64. The van der Waals surface area contributed by atoms with Crippen LogP contribution in [0.4, 0.5) is 5.69 Å². The van der Waals surface area contributed by atoms with Crippen molar-refractivity contribution in [1.82, 2.24) is 19.7 Å². The molecular weight excluding hydrogens is 302 g/mol. The van der Waals surface area contributed by atoms with E-state index < -0.39 is 0 Å². The number of ketones is 1. The monoisotopic (exact) mass is 321 g/mol. The topological polar surface area (TPSA) is 63.4 Å². The van der Waals surface area contributed by atoms with Gasteiger partial charge in [-0.05, 0) is 26.0 Å². The summed E-state index contributed by atoms with van der Waals surface area (Å²) in [6.07, 6.45) is 3.39. The van der Waals surface area contributed by atoms with Crippen LogP contribution in [0.3, 0.4) is 0 Å². The molecule has 0 aliphatic rings. The van der Waals surface area contributed by atoms with E-state index >= 15 is 0 Å². The van der Waals surface area contributed by atoms with E-state index in [9.17, 15) is 4.79 Å². The Hall–Kier alpha value is -3.02. The molecule has 2 heterocycles. The fraction of sp³-hybridized carbons (Fsp3) is 0.222. The Morgan fingerprint density at radius 2 is 1.96 bits per heavy atom. The van der Waals surface area contributed by atoms with E-state index in [1.807, 2.05) is 56.3 Å². The maximum Gasteiger partial charge on any atom is 0.165 e. The molecule has 0 amide bonds. The zero-order valence-corrected chi connectivity index (χ0v) is 14.2. The minimum atomic E-state index is -0.0553. The number of aromatic nitrogens is 3. The summed E-state index contributed by atoms with van der Waals surface area (Å²) in [6.45, 7) is 3.36. The number of hydrogen-bond acceptors (Lipinski definition) is 4. The van der Waals surface area contributed by atoms with Crippen LogP contribution in [-0.2, 0) is 0 Å². The second-order valence-corrected chi connectivity index (χ2v) is 5.81. The highest BCUT2D eigenvalue weighted by atomic mass is 16.1. The molecule has 122 valence electrons. The first kappa shape index (κ1) is 15.9. The first-order valence-electron chi connectivity index (χ1n) is 7.64. The third-order valence-electron chi connectivity index (χ3n) is 3.64. The predicted molar refractivity (Wildman–Crippen MR) is 95.4 cm³/mol. The molecule has 3 aromatic rings. The van der Waals surface area contributed by atoms with E-state index in [4.69, 9.17) is 0 Å². The third-order valence-corrected chi connectivity index (χ3v) is 3.64. The Morgan fingerprint density at radius 1 is 1.25 bits per heavy atom. The minimum absolute atomic E-state index is 0.0553. The zero-order chi connectivity index (χ0) is 17.3. The number of rotatable bonds is 4. The van der Waals surface area contributed by atoms with Gasteiger partial charge in [-0.2, -0.15) is 5.10 Å². The fourth-order valence-electron chi connectivity index (χ4n) is 2.62. The number of benzene rings is 1. The lowest BCUT2D eigenvalue weighted by Crippen LogP contribution is -2.08. The van der Waals surface area contributed by atoms with Gasteiger partial charge in [-0.1, -0.05) is 18.2 Å². The number of carbonyl (C=O) groups is 1. The first-order chi connectivity index (χ1) is 11.5. The van der Waals surface area contributed by atoms with Gasteiger partial charge in [0.15, 0.2) is 11.4 Å². The van der Waals surface area contributed by atoms with Crippen molar-refractivity contribution in [2.24, 2.45) is 4.99 Å². The highest BCUT2D eigenvalue weighted by molar-refractivity contribution is 6.07. The molecule has 6 heteroatoms. The van der Waals surface area contributed by atoms with Crippen molar-refractivity contribution >= 4 is 28.8 Å². The number of para-hydroxylation sites is 1. The standard InChI is InChI=1S/C18H19N5O/c1-12-16(13(2)24)17(19-11-22(3)4)15-10-20-23(18(15)21-12)14-8-6-5-7-9-14/h5-11H,1-4H3. The molecule has 1 aromatic carbocycles. The van der Waals surface area contributed by atoms with Crippen molar-refractivity contribution < 1.29 is 4.79 Å². The number of Topliss-reactive ketones (excluding diaryl/α,β-unsaturated/α-hetero) is 1. The molecule has 3 rings (SSSR count). The maximum atomic E-state index is 12.1. The van der Waals surface area contributed by atoms with Crippen molar-refractivity contribution in [2.45, 2.75) is 13.8 Å². The van der Waals surface area contributed by atoms with Gasteiger partial charge in [0, 0.05) is 14.1 Å². The summed E-state index contributed by atoms with van der Waals surface area (Å²) < 4.78 is 1.76. The van der Waals surface area contributed by atoms with E-state index in [0.717, 1.165) is 11.1 Å². The second-order valence-electron chi connectivity index (χ2n) is 5.81. The smallest absolute Gasteiger partial charge is 0.165 e. The molecule has 6 nitrogen and oxygen atoms in total. The Morgan fingerprint density at radius 3 is 2.58 bits per heavy atom. The van der Waals surface area contributed by atoms with Gasteiger partial charge in [0.2, 0.25) is 0 Å². The normalized spacial score (nSPS) is 11.3. The van der Waals surface area contributed by atoms with Gasteiger partial charge in [-0.3, -0.25) is 4.79 Å². The number of aliphatic imine (C=N–C) groups is 1. The largest absolute Gasteiger partial charge is 0.369 e. The van der Waals surface area contributed by atoms with Crippen molar-refractivity contribution in [3.8, 4) is 5.69 Å². The summed E-state index contributed by atoms with van der Waals surface area (Å²) in [6, 6.07) is 9.78. The van der Waals surface area contributed by atoms with Gasteiger partial charge in [-0.25, -0.2) is 14.7 Å². The lowest BCUT2D eigenvalue weighted by Gasteiger charge is -2.10. The zero-order valence-electron chi connectivity index (χ0n) is 14.2. The van der Waals surface area contributed by atoms with Crippen molar-refractivity contribution in [2.75, 3.05) is 14.1 Å². The summed E-state index contributed by atoms with van der Waals surface area (Å²) in [4.78, 5) is 23.0. The van der Waals surface area contributed by atoms with Crippen LogP contribution in [0.25, 0.3) is 16.7 Å². The Balaban J connectivity index is 2.31. The number of fused-ring (bicyclic) bond motifs is 1. The van der Waals surface area contributed by atoms with Gasteiger partial charge < -0.3 is 4.90 Å². The molecule has 0 bridgehead atoms. The molecular formula is C18H19N5O. The number of carbonyl (C=O) groups excluding carboxylic acids is 1. The lowest BCUT2D eigenvalue weighted by atomic mass is 10.1. The van der Waals surface area contributed by atoms with Gasteiger partial charge in [0.05, 0.1) is 40.6 Å². The van der Waals surface area contributed by atoms with Crippen molar-refractivity contribution in [3.05, 3.63) is 47.8 Å². The third kappa shape index (κ3) is 2.78. The molecule has 24 heavy (non-hydrogen) atoms. The summed E-state index contributed by atoms with van der Waals surface area (Å²) in [5.74, 6) is -0.0553. The fourth-order valence-corrected chi connectivity index (χ4v) is 2.62. The van der Waals surface area contributed by atoms with E-state index in [1.165, 1.54) is 6.92 Å². The summed E-state index contributed by atoms with van der Waals surface area (Å²) in [5, 5.41) is 5.21. The molecule has 0 atom stereocenters. The number of nitrogens with zero attached hydrogens (tertiary/aromatic N) is 5. The summed E-state index contributed by atoms with van der Waals surface area (Å²) >= 11 is 0. The summed E-state index contributed by atoms with van der Waals surface area (Å²) in [5.41, 5.74) is 3.40. The van der Waals surface area contributed by atoms with Crippen LogP contribution in [0, 0.1) is 6.92 Å². The molecule has 0 saturated heterocycles. The van der Waals surface area contributed by atoms with Crippen LogP contribution in [0.2, 0.25) is 0 Å². The number of pyridine rings is 1. The Labute approximate surface area is 140 Å². The van der Waals surface area contributed by atoms with Crippen LogP contribution in [0.5, 0.6) is 0 Å². The molecule has 0 saturated carbocycles. The van der Waals surface area contributed by atoms with Crippen LogP contribution < -0.4 is 0 Å². The summed E-state index contributed by atoms with van der Waals surface area (Å²) in [7, 11) is 3.77.